The Hall–Kier alpha value is -2.12. The van der Waals surface area contributed by atoms with Crippen LogP contribution in [-0.4, -0.2) is 51.6 Å². The number of rotatable bonds is 6. The Balaban J connectivity index is 1.79. The molecule has 1 fully saturated rings. The molecule has 23 heavy (non-hydrogen) atoms. The number of aromatic nitrogens is 4. The van der Waals surface area contributed by atoms with Crippen molar-refractivity contribution in [2.75, 3.05) is 32.1 Å². The van der Waals surface area contributed by atoms with Gasteiger partial charge in [0.15, 0.2) is 0 Å². The van der Waals surface area contributed by atoms with Gasteiger partial charge in [-0.15, -0.1) is 0 Å². The van der Waals surface area contributed by atoms with Crippen LogP contribution < -0.4 is 5.32 Å². The maximum atomic E-state index is 5.21. The Morgan fingerprint density at radius 2 is 2.13 bits per heavy atom. The van der Waals surface area contributed by atoms with Crippen molar-refractivity contribution in [3.05, 3.63) is 36.0 Å². The molecule has 1 N–H and O–H groups in total. The summed E-state index contributed by atoms with van der Waals surface area (Å²) in [5.74, 6) is 2.02. The lowest BCUT2D eigenvalue weighted by atomic mass is 10.1. The highest BCUT2D eigenvalue weighted by Crippen LogP contribution is 2.31. The fraction of sp³-hybridized carbons (Fsp3) is 0.500. The van der Waals surface area contributed by atoms with Gasteiger partial charge in [0.2, 0.25) is 5.95 Å². The number of methoxy groups -OCH3 is 1. The van der Waals surface area contributed by atoms with E-state index >= 15 is 0 Å². The van der Waals surface area contributed by atoms with E-state index in [0.29, 0.717) is 12.0 Å². The number of anilines is 2. The summed E-state index contributed by atoms with van der Waals surface area (Å²) in [6.07, 6.45) is 5.70. The number of hydrogen-bond acceptors (Lipinski definition) is 7. The maximum Gasteiger partial charge on any atom is 0.228 e. The number of hydrogen-bond donors (Lipinski definition) is 1. The third-order valence-electron chi connectivity index (χ3n) is 3.95. The lowest BCUT2D eigenvalue weighted by molar-refractivity contribution is 0.140. The zero-order valence-electron chi connectivity index (χ0n) is 13.6. The van der Waals surface area contributed by atoms with Gasteiger partial charge in [0, 0.05) is 32.1 Å². The first-order valence-electron chi connectivity index (χ1n) is 7.89. The molecule has 2 aromatic heterocycles. The molecule has 0 saturated carbocycles. The fourth-order valence-corrected chi connectivity index (χ4v) is 2.94. The van der Waals surface area contributed by atoms with Gasteiger partial charge in [-0.05, 0) is 32.4 Å². The molecule has 3 rings (SSSR count). The molecule has 1 unspecified atom stereocenters. The van der Waals surface area contributed by atoms with Gasteiger partial charge in [0.25, 0.3) is 0 Å². The summed E-state index contributed by atoms with van der Waals surface area (Å²) in [7, 11) is 1.74. The van der Waals surface area contributed by atoms with E-state index in [1.807, 2.05) is 13.0 Å². The molecular formula is C16H22N6O. The highest BCUT2D eigenvalue weighted by Gasteiger charge is 2.27. The van der Waals surface area contributed by atoms with E-state index in [1.54, 1.807) is 25.6 Å². The van der Waals surface area contributed by atoms with Crippen LogP contribution in [0.4, 0.5) is 11.8 Å². The van der Waals surface area contributed by atoms with Crippen molar-refractivity contribution in [2.45, 2.75) is 25.8 Å². The normalized spacial score (nSPS) is 18.3. The molecular weight excluding hydrogens is 292 g/mol. The predicted octanol–water partition coefficient (Wildman–Crippen LogP) is 2.10. The van der Waals surface area contributed by atoms with E-state index < -0.39 is 0 Å². The van der Waals surface area contributed by atoms with Gasteiger partial charge in [-0.25, -0.2) is 19.9 Å². The molecule has 0 aromatic carbocycles. The zero-order chi connectivity index (χ0) is 16.1. The Bertz CT molecular complexity index is 636. The van der Waals surface area contributed by atoms with E-state index in [9.17, 15) is 0 Å². The monoisotopic (exact) mass is 314 g/mol. The standard InChI is InChI=1S/C16H22N6O/c1-12-19-13(14-5-3-8-22(14)9-10-23-2)11-15(20-12)21-16-17-6-4-7-18-16/h4,6-7,11,14H,3,5,8-10H2,1-2H3,(H,17,18,19,20,21). The third kappa shape index (κ3) is 4.00. The molecule has 7 nitrogen and oxygen atoms in total. The van der Waals surface area contributed by atoms with Crippen LogP contribution in [0.5, 0.6) is 0 Å². The fourth-order valence-electron chi connectivity index (χ4n) is 2.94. The third-order valence-corrected chi connectivity index (χ3v) is 3.95. The van der Waals surface area contributed by atoms with Gasteiger partial charge in [0.1, 0.15) is 11.6 Å². The minimum absolute atomic E-state index is 0.323. The van der Waals surface area contributed by atoms with Gasteiger partial charge < -0.3 is 10.1 Å². The molecule has 1 saturated heterocycles. The smallest absolute Gasteiger partial charge is 0.228 e. The minimum Gasteiger partial charge on any atom is -0.383 e. The van der Waals surface area contributed by atoms with Crippen molar-refractivity contribution < 1.29 is 4.74 Å². The van der Waals surface area contributed by atoms with Crippen LogP contribution in [0.3, 0.4) is 0 Å². The molecule has 0 aliphatic carbocycles. The van der Waals surface area contributed by atoms with E-state index in [4.69, 9.17) is 4.74 Å². The molecule has 1 aliphatic rings. The van der Waals surface area contributed by atoms with Gasteiger partial charge in [-0.2, -0.15) is 0 Å². The van der Waals surface area contributed by atoms with Crippen molar-refractivity contribution in [3.63, 3.8) is 0 Å². The second-order valence-electron chi connectivity index (χ2n) is 5.61. The molecule has 1 atom stereocenters. The van der Waals surface area contributed by atoms with E-state index in [-0.39, 0.29) is 0 Å². The largest absolute Gasteiger partial charge is 0.383 e. The molecule has 2 aromatic rings. The van der Waals surface area contributed by atoms with E-state index in [1.165, 1.54) is 6.42 Å². The SMILES string of the molecule is COCCN1CCCC1c1cc(Nc2ncccn2)nc(C)n1. The Morgan fingerprint density at radius 1 is 1.30 bits per heavy atom. The topological polar surface area (TPSA) is 76.1 Å². The van der Waals surface area contributed by atoms with Crippen LogP contribution in [-0.2, 0) is 4.74 Å². The van der Waals surface area contributed by atoms with Crippen molar-refractivity contribution in [3.8, 4) is 0 Å². The lowest BCUT2D eigenvalue weighted by Crippen LogP contribution is -2.27. The molecule has 0 radical (unpaired) electrons. The first kappa shape index (κ1) is 15.8. The Morgan fingerprint density at radius 3 is 2.91 bits per heavy atom. The highest BCUT2D eigenvalue weighted by molar-refractivity contribution is 5.48. The number of aryl methyl sites for hydroxylation is 1. The second kappa shape index (κ2) is 7.43. The summed E-state index contributed by atoms with van der Waals surface area (Å²) < 4.78 is 5.21. The quantitative estimate of drug-likeness (QED) is 0.875. The van der Waals surface area contributed by atoms with Crippen molar-refractivity contribution in [1.29, 1.82) is 0 Å². The van der Waals surface area contributed by atoms with Crippen molar-refractivity contribution >= 4 is 11.8 Å². The van der Waals surface area contributed by atoms with E-state index in [0.717, 1.165) is 43.5 Å². The lowest BCUT2D eigenvalue weighted by Gasteiger charge is -2.24. The van der Waals surface area contributed by atoms with Crippen molar-refractivity contribution in [2.24, 2.45) is 0 Å². The zero-order valence-corrected chi connectivity index (χ0v) is 13.6. The van der Waals surface area contributed by atoms with Gasteiger partial charge in [-0.3, -0.25) is 4.90 Å². The Labute approximate surface area is 136 Å². The summed E-state index contributed by atoms with van der Waals surface area (Å²) >= 11 is 0. The average molecular weight is 314 g/mol. The second-order valence-corrected chi connectivity index (χ2v) is 5.61. The van der Waals surface area contributed by atoms with Gasteiger partial charge in [-0.1, -0.05) is 0 Å². The number of likely N-dealkylation sites (tertiary alicyclic amines) is 1. The highest BCUT2D eigenvalue weighted by atomic mass is 16.5. The van der Waals surface area contributed by atoms with Gasteiger partial charge >= 0.3 is 0 Å². The molecule has 122 valence electrons. The summed E-state index contributed by atoms with van der Waals surface area (Å²) in [5, 5.41) is 3.15. The molecule has 0 amide bonds. The Kier molecular flexibility index (Phi) is 5.09. The number of nitrogens with one attached hydrogen (secondary N) is 1. The summed E-state index contributed by atoms with van der Waals surface area (Å²) in [6, 6.07) is 4.11. The minimum atomic E-state index is 0.323. The predicted molar refractivity (Wildman–Crippen MR) is 87.5 cm³/mol. The molecule has 7 heteroatoms. The van der Waals surface area contributed by atoms with Gasteiger partial charge in [0.05, 0.1) is 18.3 Å². The molecule has 0 bridgehead atoms. The maximum absolute atomic E-state index is 5.21. The first-order valence-corrected chi connectivity index (χ1v) is 7.89. The van der Waals surface area contributed by atoms with E-state index in [2.05, 4.69) is 30.2 Å². The summed E-state index contributed by atoms with van der Waals surface area (Å²) in [5.41, 5.74) is 1.05. The number of ether oxygens (including phenoxy) is 1. The summed E-state index contributed by atoms with van der Waals surface area (Å²) in [6.45, 7) is 4.66. The molecule has 0 spiro atoms. The molecule has 1 aliphatic heterocycles. The molecule has 3 heterocycles. The summed E-state index contributed by atoms with van der Waals surface area (Å²) in [4.78, 5) is 19.9. The van der Waals surface area contributed by atoms with Crippen molar-refractivity contribution in [1.82, 2.24) is 24.8 Å². The van der Waals surface area contributed by atoms with Crippen LogP contribution in [0.15, 0.2) is 24.5 Å². The average Bonchev–Trinajstić information content (AvgIpc) is 3.02. The first-order chi connectivity index (χ1) is 11.3. The number of nitrogens with zero attached hydrogens (tertiary/aromatic N) is 5. The van der Waals surface area contributed by atoms with Crippen LogP contribution in [0.2, 0.25) is 0 Å². The van der Waals surface area contributed by atoms with Crippen LogP contribution in [0, 0.1) is 6.92 Å². The van der Waals surface area contributed by atoms with Crippen LogP contribution in [0.1, 0.15) is 30.4 Å². The van der Waals surface area contributed by atoms with Crippen LogP contribution in [0.25, 0.3) is 0 Å². The van der Waals surface area contributed by atoms with Crippen LogP contribution >= 0.6 is 0 Å².